The SMILES string of the molecule is CC.CC.[CH2-]NNN[NH-].[CH2-]NNN[NH-].[CH3-].[CH3-].[CH3-].[CH3-].[CH3-].[CH3-].[W+2].[W+2].[W].[W].[W].[W].[W].[W]. The van der Waals surface area contributed by atoms with Crippen LogP contribution in [-0.4, -0.2) is 0 Å². The van der Waals surface area contributed by atoms with Crippen LogP contribution in [0, 0.1) is 58.7 Å². The van der Waals surface area contributed by atoms with Crippen LogP contribution < -0.4 is 33.0 Å². The molecule has 0 atom stereocenters. The van der Waals surface area contributed by atoms with Gasteiger partial charge in [0.2, 0.25) is 0 Å². The van der Waals surface area contributed by atoms with E-state index in [-0.39, 0.29) is 213 Å². The van der Waals surface area contributed by atoms with E-state index < -0.39 is 0 Å². The average molecular weight is 1770 g/mol. The van der Waals surface area contributed by atoms with Gasteiger partial charge in [-0.05, 0) is 0 Å². The van der Waals surface area contributed by atoms with Crippen LogP contribution in [0.15, 0.2) is 0 Å². The third-order valence-corrected chi connectivity index (χ3v) is 0.302. The van der Waals surface area contributed by atoms with Gasteiger partial charge in [0.1, 0.15) is 0 Å². The number of hydrogen-bond donors (Lipinski definition) is 6. The minimum absolute atomic E-state index is 0. The average Bonchev–Trinajstić information content (AvgIpc) is 2.27. The van der Waals surface area contributed by atoms with Crippen molar-refractivity contribution in [2.24, 2.45) is 0 Å². The first-order valence-corrected chi connectivity index (χ1v) is 4.21. The van der Waals surface area contributed by atoms with Gasteiger partial charge in [-0.25, -0.2) is 11.1 Å². The van der Waals surface area contributed by atoms with E-state index in [1.807, 2.05) is 38.8 Å². The van der Waals surface area contributed by atoms with Gasteiger partial charge in [-0.3, -0.25) is 14.1 Å². The molecule has 16 heteroatoms. The standard InChI is InChI=1S/2C2H6.2CH6N4.6CH3.8W/c2*1-2;2*1-3-5-4-2;;;;;;;;;;;;;;/h2*1-2H3;2*2-5H,1H2;6*1H3;;;;;;;;/q;;2*-2;6*-1;;;;;;;2*+2. The molecule has 0 spiro atoms. The van der Waals surface area contributed by atoms with Crippen LogP contribution in [0.3, 0.4) is 0 Å². The Balaban J connectivity index is -0.00000000265. The van der Waals surface area contributed by atoms with Crippen LogP contribution in [0.2, 0.25) is 0 Å². The second-order valence-corrected chi connectivity index (χ2v) is 0.854. The molecule has 0 aliphatic rings. The Morgan fingerprint density at radius 3 is 0.571 bits per heavy atom. The second kappa shape index (κ2) is 250. The Morgan fingerprint density at radius 2 is 0.571 bits per heavy atom. The minimum Gasteiger partial charge on any atom is -0.597 e. The molecule has 0 aliphatic heterocycles. The van der Waals surface area contributed by atoms with Crippen LogP contribution in [0.25, 0.3) is 11.7 Å². The summed E-state index contributed by atoms with van der Waals surface area (Å²) in [5, 5.41) is 0. The predicted molar refractivity (Wildman–Crippen MR) is 99.4 cm³/mol. The van der Waals surface area contributed by atoms with Crippen LogP contribution >= 0.6 is 0 Å². The van der Waals surface area contributed by atoms with Gasteiger partial charge >= 0.3 is 42.1 Å². The first kappa shape index (κ1) is 149. The van der Waals surface area contributed by atoms with Crippen molar-refractivity contribution >= 4 is 0 Å². The Kier molecular flexibility index (Phi) is 1330. The first-order valence-electron chi connectivity index (χ1n) is 4.21. The summed E-state index contributed by atoms with van der Waals surface area (Å²) in [5.74, 6) is 12.3. The van der Waals surface area contributed by atoms with E-state index in [9.17, 15) is 0 Å². The molecule has 8 nitrogen and oxygen atoms in total. The van der Waals surface area contributed by atoms with Gasteiger partial charge in [0.05, 0.1) is 0 Å². The van der Waals surface area contributed by atoms with E-state index in [4.69, 9.17) is 11.7 Å². The molecule has 0 saturated carbocycles. The van der Waals surface area contributed by atoms with Gasteiger partial charge in [0, 0.05) is 126 Å². The second-order valence-electron chi connectivity index (χ2n) is 0.854. The molecule has 0 rings (SSSR count). The van der Waals surface area contributed by atoms with Crippen LogP contribution in [-0.2, 0) is 169 Å². The maximum absolute atomic E-state index is 6.14. The van der Waals surface area contributed by atoms with Gasteiger partial charge in [-0.15, -0.1) is 0 Å². The summed E-state index contributed by atoms with van der Waals surface area (Å²) in [7, 11) is 6.26. The fourth-order valence-electron chi connectivity index (χ4n) is 0.0884. The molecular weight excluding hydrogens is 1730 g/mol. The van der Waals surface area contributed by atoms with Crippen molar-refractivity contribution in [1.82, 2.24) is 33.0 Å². The topological polar surface area (TPSA) is 120 Å². The van der Waals surface area contributed by atoms with Crippen molar-refractivity contribution in [2.45, 2.75) is 27.7 Å². The Hall–Kier alpha value is 5.19. The van der Waals surface area contributed by atoms with E-state index in [1.165, 1.54) is 0 Å². The zero-order valence-electron chi connectivity index (χ0n) is 18.7. The zero-order chi connectivity index (χ0) is 12.2. The van der Waals surface area contributed by atoms with Crippen molar-refractivity contribution in [3.63, 3.8) is 0 Å². The molecular formula is C12H42N8W8-6. The molecule has 0 saturated heterocycles. The number of rotatable bonds is 4. The molecule has 0 amide bonds. The third kappa shape index (κ3) is 337. The van der Waals surface area contributed by atoms with E-state index >= 15 is 0 Å². The fraction of sp³-hybridized carbons (Fsp3) is 0.333. The monoisotopic (exact) mass is 1770 g/mol. The first-order chi connectivity index (χ1) is 6.83. The number of hydrazine groups is 4. The smallest absolute Gasteiger partial charge is 0.597 e. The summed E-state index contributed by atoms with van der Waals surface area (Å²) in [5.41, 5.74) is 12.5. The molecule has 0 radical (unpaired) electrons. The molecule has 0 aromatic heterocycles. The molecule has 0 bridgehead atoms. The largest absolute Gasteiger partial charge is 2.00 e. The quantitative estimate of drug-likeness (QED) is 0.190. The molecule has 0 heterocycles. The van der Waals surface area contributed by atoms with Crippen LogP contribution in [0.1, 0.15) is 27.7 Å². The normalized spacial score (nSPS) is 3.43. The minimum atomic E-state index is 0. The van der Waals surface area contributed by atoms with E-state index in [0.29, 0.717) is 0 Å². The Labute approximate surface area is 295 Å². The van der Waals surface area contributed by atoms with Crippen molar-refractivity contribution in [3.8, 4) is 0 Å². The summed E-state index contributed by atoms with van der Waals surface area (Å²) < 4.78 is 0. The van der Waals surface area contributed by atoms with Crippen molar-refractivity contribution < 1.29 is 169 Å². The molecule has 0 aromatic carbocycles. The van der Waals surface area contributed by atoms with Gasteiger partial charge < -0.3 is 78.2 Å². The predicted octanol–water partition coefficient (Wildman–Crippen LogP) is 3.42. The van der Waals surface area contributed by atoms with Gasteiger partial charge in [-0.2, -0.15) is 0 Å². The fourth-order valence-corrected chi connectivity index (χ4v) is 0.0884. The maximum atomic E-state index is 6.14. The zero-order valence-corrected chi connectivity index (χ0v) is 42.1. The molecule has 184 valence electrons. The third-order valence-electron chi connectivity index (χ3n) is 0.302. The summed E-state index contributed by atoms with van der Waals surface area (Å²) >= 11 is 0. The number of hydrogen-bond acceptors (Lipinski definition) is 6. The Bertz CT molecular complexity index is 64.6. The van der Waals surface area contributed by atoms with Crippen LogP contribution in [0.5, 0.6) is 0 Å². The van der Waals surface area contributed by atoms with Crippen LogP contribution in [0.4, 0.5) is 0 Å². The van der Waals surface area contributed by atoms with Crippen molar-refractivity contribution in [1.29, 1.82) is 0 Å². The Morgan fingerprint density at radius 1 is 0.464 bits per heavy atom. The molecule has 0 fully saturated rings. The van der Waals surface area contributed by atoms with E-state index in [0.717, 1.165) is 0 Å². The number of nitrogens with one attached hydrogen (secondary N) is 8. The molecule has 8 N–H and O–H groups in total. The molecule has 28 heavy (non-hydrogen) atoms. The van der Waals surface area contributed by atoms with E-state index in [2.05, 4.69) is 36.0 Å². The summed E-state index contributed by atoms with van der Waals surface area (Å²) in [4.78, 5) is 0. The molecule has 0 unspecified atom stereocenters. The molecule has 0 aliphatic carbocycles. The summed E-state index contributed by atoms with van der Waals surface area (Å²) in [6.07, 6.45) is 0. The van der Waals surface area contributed by atoms with Gasteiger partial charge in [0.25, 0.3) is 0 Å². The van der Waals surface area contributed by atoms with Crippen molar-refractivity contribution in [3.05, 3.63) is 70.3 Å². The summed E-state index contributed by atoms with van der Waals surface area (Å²) in [6.45, 7) is 8.00. The molecule has 0 aromatic rings. The van der Waals surface area contributed by atoms with Crippen molar-refractivity contribution in [2.75, 3.05) is 0 Å². The van der Waals surface area contributed by atoms with Gasteiger partial charge in [-0.1, -0.05) is 27.7 Å². The summed E-state index contributed by atoms with van der Waals surface area (Å²) in [6, 6.07) is 0. The van der Waals surface area contributed by atoms with Gasteiger partial charge in [0.15, 0.2) is 0 Å². The maximum Gasteiger partial charge on any atom is 2.00 e. The van der Waals surface area contributed by atoms with E-state index in [1.54, 1.807) is 0 Å².